The third-order valence-corrected chi connectivity index (χ3v) is 9.17. The molecule has 3 aromatic carbocycles. The lowest BCUT2D eigenvalue weighted by atomic mass is 10.0. The van der Waals surface area contributed by atoms with Crippen molar-refractivity contribution in [3.63, 3.8) is 0 Å². The number of benzene rings is 3. The molecule has 28 heteroatoms. The van der Waals surface area contributed by atoms with Crippen LogP contribution in [0.25, 0.3) is 16.7 Å². The summed E-state index contributed by atoms with van der Waals surface area (Å²) in [6, 6.07) is 5.50. The van der Waals surface area contributed by atoms with E-state index in [1.54, 1.807) is 0 Å². The quantitative estimate of drug-likeness (QED) is 0.153. The fraction of sp³-hybridized carbons (Fsp3) is 0.158. The van der Waals surface area contributed by atoms with E-state index < -0.39 is 154 Å². The van der Waals surface area contributed by atoms with Gasteiger partial charge in [0.1, 0.15) is 34.9 Å². The summed E-state index contributed by atoms with van der Waals surface area (Å²) in [5, 5.41) is 25.5. The highest BCUT2D eigenvalue weighted by atomic mass is 19.4. The summed E-state index contributed by atoms with van der Waals surface area (Å²) in [5.74, 6) is -2.89. The Balaban J connectivity index is 1.53. The number of fused-ring (bicyclic) bond motifs is 3. The molecule has 0 fully saturated rings. The van der Waals surface area contributed by atoms with E-state index in [4.69, 9.17) is 0 Å². The Labute approximate surface area is 350 Å². The lowest BCUT2D eigenvalue weighted by Gasteiger charge is -2.14. The van der Waals surface area contributed by atoms with Gasteiger partial charge in [-0.25, -0.2) is 34.9 Å². The van der Waals surface area contributed by atoms with Crippen LogP contribution in [0.5, 0.6) is 0 Å². The van der Waals surface area contributed by atoms with E-state index in [0.29, 0.717) is 12.1 Å². The van der Waals surface area contributed by atoms with Crippen molar-refractivity contribution in [2.24, 2.45) is 30.0 Å². The van der Waals surface area contributed by atoms with Gasteiger partial charge >= 0.3 is 37.1 Å². The summed E-state index contributed by atoms with van der Waals surface area (Å²) in [4.78, 5) is 26.2. The number of hydrogen-bond acceptors (Lipinski definition) is 10. The van der Waals surface area contributed by atoms with Crippen molar-refractivity contribution >= 4 is 16.7 Å². The number of allylic oxidation sites excluding steroid dienone is 3. The molecular formula is C38H8F18N10. The van der Waals surface area contributed by atoms with Gasteiger partial charge in [0.25, 0.3) is 0 Å². The van der Waals surface area contributed by atoms with Gasteiger partial charge in [0.05, 0.1) is 76.9 Å². The van der Waals surface area contributed by atoms with Crippen molar-refractivity contribution in [3.05, 3.63) is 148 Å². The molecule has 10 nitrogen and oxygen atoms in total. The first-order valence-corrected chi connectivity index (χ1v) is 17.1. The average Bonchev–Trinajstić information content (AvgIpc) is 3.91. The summed E-state index contributed by atoms with van der Waals surface area (Å²) in [6.45, 7) is 0. The molecular weight excluding hydrogens is 938 g/mol. The minimum Gasteiger partial charge on any atom is -0.246 e. The van der Waals surface area contributed by atoms with Crippen molar-refractivity contribution in [1.29, 1.82) is 15.8 Å². The van der Waals surface area contributed by atoms with Gasteiger partial charge in [0, 0.05) is 5.56 Å². The fourth-order valence-corrected chi connectivity index (χ4v) is 6.39. The number of halogens is 18. The van der Waals surface area contributed by atoms with Gasteiger partial charge < -0.3 is 0 Å². The van der Waals surface area contributed by atoms with Gasteiger partial charge in [-0.1, -0.05) is 0 Å². The van der Waals surface area contributed by atoms with Crippen LogP contribution < -0.4 is 32.1 Å². The van der Waals surface area contributed by atoms with Gasteiger partial charge in [-0.05, 0) is 48.5 Å². The van der Waals surface area contributed by atoms with Crippen molar-refractivity contribution in [3.8, 4) is 18.2 Å². The number of aromatic nitrogens is 1. The number of rotatable bonds is 3. The molecule has 1 aromatic heterocycles. The smallest absolute Gasteiger partial charge is 0.246 e. The highest BCUT2D eigenvalue weighted by Crippen LogP contribution is 2.42. The Bertz CT molecular complexity index is 2930. The van der Waals surface area contributed by atoms with Gasteiger partial charge in [0.15, 0.2) is 17.5 Å². The van der Waals surface area contributed by atoms with E-state index in [-0.39, 0.29) is 36.4 Å². The second kappa shape index (κ2) is 15.1. The van der Waals surface area contributed by atoms with Crippen LogP contribution in [0.15, 0.2) is 95.9 Å². The maximum atomic E-state index is 13.7. The van der Waals surface area contributed by atoms with Crippen molar-refractivity contribution in [2.75, 3.05) is 0 Å². The van der Waals surface area contributed by atoms with E-state index in [1.165, 1.54) is 18.2 Å². The molecule has 0 saturated carbocycles. The average molecular weight is 947 g/mol. The Morgan fingerprint density at radius 2 is 0.515 bits per heavy atom. The van der Waals surface area contributed by atoms with E-state index in [2.05, 4.69) is 34.9 Å². The Morgan fingerprint density at radius 1 is 0.318 bits per heavy atom. The molecule has 0 bridgehead atoms. The Hall–Kier alpha value is -7.96. The van der Waals surface area contributed by atoms with E-state index in [0.717, 1.165) is 0 Å². The van der Waals surface area contributed by atoms with E-state index >= 15 is 0 Å². The first-order chi connectivity index (χ1) is 30.3. The van der Waals surface area contributed by atoms with Crippen LogP contribution in [-0.4, -0.2) is 4.98 Å². The molecule has 0 unspecified atom stereocenters. The molecule has 0 radical (unpaired) electrons. The number of nitriles is 3. The zero-order valence-corrected chi connectivity index (χ0v) is 30.9. The third-order valence-electron chi connectivity index (χ3n) is 9.17. The molecule has 0 spiro atoms. The van der Waals surface area contributed by atoms with Crippen molar-refractivity contribution in [2.45, 2.75) is 37.1 Å². The number of alkyl halides is 18. The summed E-state index contributed by atoms with van der Waals surface area (Å²) < 4.78 is 247. The van der Waals surface area contributed by atoms with Gasteiger partial charge in [-0.15, -0.1) is 0 Å². The van der Waals surface area contributed by atoms with Crippen LogP contribution in [0.3, 0.4) is 0 Å². The molecule has 0 aliphatic carbocycles. The van der Waals surface area contributed by atoms with Gasteiger partial charge in [-0.3, -0.25) is 0 Å². The Kier molecular flexibility index (Phi) is 10.5. The minimum atomic E-state index is -5.62. The van der Waals surface area contributed by atoms with Crippen LogP contribution in [-0.2, 0) is 37.1 Å². The van der Waals surface area contributed by atoms with E-state index in [1.807, 2.05) is 0 Å². The molecule has 0 atom stereocenters. The van der Waals surface area contributed by atoms with Gasteiger partial charge in [-0.2, -0.15) is 94.8 Å². The molecule has 3 aliphatic heterocycles. The molecule has 0 amide bonds. The molecule has 7 rings (SSSR count). The largest absolute Gasteiger partial charge is 0.417 e. The zero-order valence-electron chi connectivity index (χ0n) is 30.9. The number of pyridine rings is 1. The van der Waals surface area contributed by atoms with E-state index in [9.17, 15) is 94.8 Å². The number of nitrogens with zero attached hydrogens (tertiary/aromatic N) is 10. The molecule has 4 heterocycles. The minimum absolute atomic E-state index is 0.0478. The molecule has 336 valence electrons. The summed E-state index contributed by atoms with van der Waals surface area (Å²) in [6.07, 6.45) is -33.7. The summed E-state index contributed by atoms with van der Waals surface area (Å²) >= 11 is 0. The molecule has 4 aromatic rings. The lowest BCUT2D eigenvalue weighted by Crippen LogP contribution is -2.29. The monoisotopic (exact) mass is 946 g/mol. The van der Waals surface area contributed by atoms with Crippen molar-refractivity contribution in [1.82, 2.24) is 4.98 Å². The van der Waals surface area contributed by atoms with Crippen LogP contribution in [0, 0.1) is 34.0 Å². The SMILES string of the molecule is N#CC(=C1N=c2cc(C(F)(F)F)c(C(F)(F)F)cc2=N1)c1cc(C(C#N)=C2N=c3cc(C(F)(F)F)c(C(F)(F)F)cc3=N2)nc(C(C#N)=C2N=c3cc(C(F)(F)F)c(C(F)(F)F)cc3=N2)c1. The van der Waals surface area contributed by atoms with Crippen LogP contribution >= 0.6 is 0 Å². The highest BCUT2D eigenvalue weighted by molar-refractivity contribution is 5.87. The number of hydrogen-bond donors (Lipinski definition) is 0. The van der Waals surface area contributed by atoms with Crippen molar-refractivity contribution < 1.29 is 79.0 Å². The first-order valence-electron chi connectivity index (χ1n) is 17.1. The lowest BCUT2D eigenvalue weighted by molar-refractivity contribution is -0.162. The first kappa shape index (κ1) is 46.0. The maximum absolute atomic E-state index is 13.7. The second-order valence-electron chi connectivity index (χ2n) is 13.4. The van der Waals surface area contributed by atoms with Crippen LogP contribution in [0.2, 0.25) is 0 Å². The normalized spacial score (nSPS) is 14.5. The molecule has 0 saturated heterocycles. The standard InChI is InChI=1S/C38H8F18N10/c39-33(40,41)16-3-24-25(4-17(16)34(42,43)44)62-30(61-24)13(9-57)12-1-22(14(10-58)31-63-26-5-18(35(45,46)47)19(36(48,49)50)6-27(26)64-31)60-23(2-12)15(11-59)32-65-28-7-20(37(51,52)53)21(38(54,55)56)8-29(28)66-32/h1-8H. The summed E-state index contributed by atoms with van der Waals surface area (Å²) in [5.41, 5.74) is -18.6. The predicted octanol–water partition coefficient (Wildman–Crippen LogP) is 7.63. The molecule has 66 heavy (non-hydrogen) atoms. The van der Waals surface area contributed by atoms with Gasteiger partial charge in [0.2, 0.25) is 0 Å². The molecule has 3 aliphatic rings. The molecule has 0 N–H and O–H groups in total. The fourth-order valence-electron chi connectivity index (χ4n) is 6.39. The second-order valence-corrected chi connectivity index (χ2v) is 13.4. The van der Waals surface area contributed by atoms with Crippen LogP contribution in [0.4, 0.5) is 79.0 Å². The summed E-state index contributed by atoms with van der Waals surface area (Å²) in [7, 11) is 0. The highest BCUT2D eigenvalue weighted by Gasteiger charge is 2.46. The topological polar surface area (TPSA) is 158 Å². The Morgan fingerprint density at radius 3 is 0.697 bits per heavy atom. The maximum Gasteiger partial charge on any atom is 0.417 e. The third kappa shape index (κ3) is 8.41. The van der Waals surface area contributed by atoms with Crippen LogP contribution in [0.1, 0.15) is 50.3 Å². The zero-order chi connectivity index (χ0) is 48.9. The predicted molar refractivity (Wildman–Crippen MR) is 178 cm³/mol.